The third-order valence-electron chi connectivity index (χ3n) is 3.34. The second-order valence-electron chi connectivity index (χ2n) is 4.44. The highest BCUT2D eigenvalue weighted by atomic mass is 15.2. The van der Waals surface area contributed by atoms with Gasteiger partial charge >= 0.3 is 0 Å². The van der Waals surface area contributed by atoms with Crippen molar-refractivity contribution in [3.63, 3.8) is 0 Å². The number of nitrogens with zero attached hydrogens (tertiary/aromatic N) is 3. The van der Waals surface area contributed by atoms with Crippen molar-refractivity contribution >= 4 is 5.84 Å². The van der Waals surface area contributed by atoms with Gasteiger partial charge in [-0.25, -0.2) is 0 Å². The van der Waals surface area contributed by atoms with Crippen LogP contribution in [-0.4, -0.2) is 29.3 Å². The molecule has 90 valence electrons. The number of pyridine rings is 1. The average Bonchev–Trinajstić information content (AvgIpc) is 2.83. The Morgan fingerprint density at radius 3 is 2.50 bits per heavy atom. The van der Waals surface area contributed by atoms with E-state index in [1.54, 1.807) is 0 Å². The van der Waals surface area contributed by atoms with E-state index < -0.39 is 0 Å². The molecular weight excluding hydrogens is 222 g/mol. The predicted molar refractivity (Wildman–Crippen MR) is 72.6 cm³/mol. The number of hydrogen-bond donors (Lipinski definition) is 0. The monoisotopic (exact) mass is 237 g/mol. The number of likely N-dealkylation sites (N-methyl/N-ethyl adjacent to an activating group) is 1. The van der Waals surface area contributed by atoms with Gasteiger partial charge < -0.3 is 4.90 Å². The molecule has 1 unspecified atom stereocenters. The highest BCUT2D eigenvalue weighted by Gasteiger charge is 2.26. The molecule has 3 heteroatoms. The fraction of sp³-hybridized carbons (Fsp3) is 0.200. The smallest absolute Gasteiger partial charge is 0.131 e. The lowest BCUT2D eigenvalue weighted by atomic mass is 10.1. The minimum absolute atomic E-state index is 0.342. The Morgan fingerprint density at radius 1 is 1.06 bits per heavy atom. The molecule has 3 rings (SSSR count). The summed E-state index contributed by atoms with van der Waals surface area (Å²) < 4.78 is 0. The van der Waals surface area contributed by atoms with Crippen LogP contribution in [-0.2, 0) is 0 Å². The van der Waals surface area contributed by atoms with Gasteiger partial charge in [-0.1, -0.05) is 30.3 Å². The first-order chi connectivity index (χ1) is 8.86. The summed E-state index contributed by atoms with van der Waals surface area (Å²) in [6.07, 6.45) is 3.61. The maximum Gasteiger partial charge on any atom is 0.131 e. The molecule has 0 aliphatic carbocycles. The van der Waals surface area contributed by atoms with Gasteiger partial charge in [0, 0.05) is 25.0 Å². The van der Waals surface area contributed by atoms with Gasteiger partial charge in [-0.15, -0.1) is 0 Å². The van der Waals surface area contributed by atoms with E-state index in [4.69, 9.17) is 0 Å². The molecule has 0 bridgehead atoms. The van der Waals surface area contributed by atoms with Gasteiger partial charge in [0.2, 0.25) is 0 Å². The first-order valence-electron chi connectivity index (χ1n) is 6.09. The van der Waals surface area contributed by atoms with E-state index in [9.17, 15) is 0 Å². The van der Waals surface area contributed by atoms with Crippen LogP contribution in [0.3, 0.4) is 0 Å². The van der Waals surface area contributed by atoms with Gasteiger partial charge in [0.05, 0.1) is 12.6 Å². The quantitative estimate of drug-likeness (QED) is 0.803. The topological polar surface area (TPSA) is 28.5 Å². The van der Waals surface area contributed by atoms with Crippen molar-refractivity contribution in [1.29, 1.82) is 0 Å². The summed E-state index contributed by atoms with van der Waals surface area (Å²) in [4.78, 5) is 10.9. The van der Waals surface area contributed by atoms with Crippen LogP contribution in [0.2, 0.25) is 0 Å². The average molecular weight is 237 g/mol. The molecule has 1 aliphatic heterocycles. The third kappa shape index (κ3) is 1.88. The van der Waals surface area contributed by atoms with Crippen molar-refractivity contribution in [3.05, 3.63) is 66.0 Å². The Labute approximate surface area is 107 Å². The number of aromatic nitrogens is 1. The van der Waals surface area contributed by atoms with E-state index in [1.165, 1.54) is 5.56 Å². The fourth-order valence-corrected chi connectivity index (χ4v) is 2.35. The number of benzene rings is 1. The van der Waals surface area contributed by atoms with E-state index in [1.807, 2.05) is 30.6 Å². The van der Waals surface area contributed by atoms with Crippen LogP contribution in [0.15, 0.2) is 59.9 Å². The molecular formula is C15H15N3. The second kappa shape index (κ2) is 4.61. The number of amidine groups is 1. The summed E-state index contributed by atoms with van der Waals surface area (Å²) >= 11 is 0. The van der Waals surface area contributed by atoms with Gasteiger partial charge in [-0.05, 0) is 17.7 Å². The molecule has 1 aromatic carbocycles. The summed E-state index contributed by atoms with van der Waals surface area (Å²) in [6.45, 7) is 0.818. The lowest BCUT2D eigenvalue weighted by Gasteiger charge is -2.23. The van der Waals surface area contributed by atoms with Crippen molar-refractivity contribution in [2.24, 2.45) is 4.99 Å². The third-order valence-corrected chi connectivity index (χ3v) is 3.34. The van der Waals surface area contributed by atoms with Gasteiger partial charge in [-0.3, -0.25) is 9.98 Å². The Kier molecular flexibility index (Phi) is 2.81. The maximum atomic E-state index is 4.66. The Bertz CT molecular complexity index is 548. The Balaban J connectivity index is 1.87. The molecule has 18 heavy (non-hydrogen) atoms. The zero-order chi connectivity index (χ0) is 12.4. The van der Waals surface area contributed by atoms with Gasteiger partial charge in [0.15, 0.2) is 0 Å². The number of rotatable bonds is 2. The van der Waals surface area contributed by atoms with Crippen molar-refractivity contribution < 1.29 is 0 Å². The minimum Gasteiger partial charge on any atom is -0.351 e. The molecule has 1 aromatic heterocycles. The lowest BCUT2D eigenvalue weighted by molar-refractivity contribution is 0.418. The zero-order valence-electron chi connectivity index (χ0n) is 10.3. The normalized spacial score (nSPS) is 18.8. The summed E-state index contributed by atoms with van der Waals surface area (Å²) in [6, 6.07) is 14.9. The van der Waals surface area contributed by atoms with Crippen molar-refractivity contribution in [3.8, 4) is 0 Å². The zero-order valence-corrected chi connectivity index (χ0v) is 10.3. The van der Waals surface area contributed by atoms with Crippen LogP contribution in [0.5, 0.6) is 0 Å². The summed E-state index contributed by atoms with van der Waals surface area (Å²) in [5.74, 6) is 1.05. The van der Waals surface area contributed by atoms with Crippen LogP contribution in [0.4, 0.5) is 0 Å². The largest absolute Gasteiger partial charge is 0.351 e. The molecule has 1 aliphatic rings. The molecule has 3 nitrogen and oxygen atoms in total. The Morgan fingerprint density at radius 2 is 1.78 bits per heavy atom. The minimum atomic E-state index is 0.342. The molecule has 0 N–H and O–H groups in total. The molecule has 1 atom stereocenters. The first-order valence-corrected chi connectivity index (χ1v) is 6.09. The fourth-order valence-electron chi connectivity index (χ4n) is 2.35. The van der Waals surface area contributed by atoms with Crippen molar-refractivity contribution in [2.45, 2.75) is 6.04 Å². The van der Waals surface area contributed by atoms with Gasteiger partial charge in [0.25, 0.3) is 0 Å². The SMILES string of the molecule is CN1C(c2ccncc2)=NCC1c1ccccc1. The standard InChI is InChI=1S/C15H15N3/c1-18-14(12-5-3-2-4-6-12)11-17-15(18)13-7-9-16-10-8-13/h2-10,14H,11H2,1H3. The predicted octanol–water partition coefficient (Wildman–Crippen LogP) is 2.51. The highest BCUT2D eigenvalue weighted by Crippen LogP contribution is 2.26. The van der Waals surface area contributed by atoms with E-state index in [-0.39, 0.29) is 0 Å². The van der Waals surface area contributed by atoms with Crippen molar-refractivity contribution in [1.82, 2.24) is 9.88 Å². The van der Waals surface area contributed by atoms with Crippen LogP contribution in [0.1, 0.15) is 17.2 Å². The van der Waals surface area contributed by atoms with Gasteiger partial charge in [-0.2, -0.15) is 0 Å². The molecule has 0 spiro atoms. The van der Waals surface area contributed by atoms with E-state index in [0.717, 1.165) is 17.9 Å². The molecule has 0 saturated carbocycles. The Hall–Kier alpha value is -2.16. The number of hydrogen-bond acceptors (Lipinski definition) is 3. The van der Waals surface area contributed by atoms with E-state index >= 15 is 0 Å². The van der Waals surface area contributed by atoms with Crippen LogP contribution in [0.25, 0.3) is 0 Å². The number of aliphatic imine (C=N–C) groups is 1. The second-order valence-corrected chi connectivity index (χ2v) is 4.44. The molecule has 0 fully saturated rings. The summed E-state index contributed by atoms with van der Waals surface area (Å²) in [5.41, 5.74) is 2.44. The summed E-state index contributed by atoms with van der Waals surface area (Å²) in [7, 11) is 2.10. The van der Waals surface area contributed by atoms with Crippen LogP contribution >= 0.6 is 0 Å². The molecule has 2 aromatic rings. The summed E-state index contributed by atoms with van der Waals surface area (Å²) in [5, 5.41) is 0. The highest BCUT2D eigenvalue weighted by molar-refractivity contribution is 5.99. The van der Waals surface area contributed by atoms with E-state index in [0.29, 0.717) is 6.04 Å². The van der Waals surface area contributed by atoms with Crippen LogP contribution < -0.4 is 0 Å². The van der Waals surface area contributed by atoms with Crippen molar-refractivity contribution in [2.75, 3.05) is 13.6 Å². The molecule has 2 heterocycles. The molecule has 0 amide bonds. The lowest BCUT2D eigenvalue weighted by Crippen LogP contribution is -2.27. The van der Waals surface area contributed by atoms with E-state index in [2.05, 4.69) is 46.2 Å². The molecule has 0 saturated heterocycles. The molecule has 0 radical (unpaired) electrons. The van der Waals surface area contributed by atoms with Crippen LogP contribution in [0, 0.1) is 0 Å². The maximum absolute atomic E-state index is 4.66. The first kappa shape index (κ1) is 11.0. The van der Waals surface area contributed by atoms with Gasteiger partial charge in [0.1, 0.15) is 5.84 Å².